The van der Waals surface area contributed by atoms with Gasteiger partial charge < -0.3 is 9.88 Å². The van der Waals surface area contributed by atoms with Crippen molar-refractivity contribution in [2.75, 3.05) is 11.9 Å². The predicted octanol–water partition coefficient (Wildman–Crippen LogP) is 0.738. The van der Waals surface area contributed by atoms with Crippen molar-refractivity contribution in [3.8, 4) is 6.07 Å². The van der Waals surface area contributed by atoms with Gasteiger partial charge in [0.15, 0.2) is 0 Å². The number of hydrogen-bond acceptors (Lipinski definition) is 4. The number of rotatable bonds is 2. The standard InChI is InChI=1S/C10H9N5O/c1-15(8-3-2-4-12-8)9-5-7(6-11)13-10(16)14-9/h2-5,12H,1H3,(H,13,14,16). The largest absolute Gasteiger partial charge is 0.348 e. The Bertz CT molecular complexity index is 578. The van der Waals surface area contributed by atoms with Crippen LogP contribution >= 0.6 is 0 Å². The molecule has 2 rings (SSSR count). The molecule has 6 heteroatoms. The number of nitrogens with zero attached hydrogens (tertiary/aromatic N) is 3. The first-order valence-corrected chi connectivity index (χ1v) is 4.59. The van der Waals surface area contributed by atoms with E-state index in [9.17, 15) is 4.79 Å². The molecule has 80 valence electrons. The summed E-state index contributed by atoms with van der Waals surface area (Å²) in [6.45, 7) is 0. The number of aromatic amines is 2. The molecule has 6 nitrogen and oxygen atoms in total. The Hall–Kier alpha value is -2.55. The molecule has 0 bridgehead atoms. The molecule has 0 aromatic carbocycles. The molecule has 0 amide bonds. The second-order valence-corrected chi connectivity index (χ2v) is 3.18. The van der Waals surface area contributed by atoms with E-state index >= 15 is 0 Å². The van der Waals surface area contributed by atoms with E-state index in [0.717, 1.165) is 5.82 Å². The summed E-state index contributed by atoms with van der Waals surface area (Å²) in [6.07, 6.45) is 1.77. The van der Waals surface area contributed by atoms with Gasteiger partial charge in [-0.15, -0.1) is 0 Å². The minimum Gasteiger partial charge on any atom is -0.348 e. The van der Waals surface area contributed by atoms with Crippen LogP contribution in [-0.2, 0) is 0 Å². The molecule has 2 N–H and O–H groups in total. The molecule has 0 aliphatic carbocycles. The fourth-order valence-corrected chi connectivity index (χ4v) is 1.33. The maximum Gasteiger partial charge on any atom is 0.347 e. The van der Waals surface area contributed by atoms with Gasteiger partial charge in [-0.3, -0.25) is 4.98 Å². The van der Waals surface area contributed by atoms with Gasteiger partial charge in [0.25, 0.3) is 0 Å². The second kappa shape index (κ2) is 3.90. The van der Waals surface area contributed by atoms with Crippen LogP contribution in [0, 0.1) is 11.3 Å². The van der Waals surface area contributed by atoms with E-state index in [0.29, 0.717) is 5.82 Å². The van der Waals surface area contributed by atoms with Crippen LogP contribution in [0.4, 0.5) is 11.6 Å². The quantitative estimate of drug-likeness (QED) is 0.773. The first-order valence-electron chi connectivity index (χ1n) is 4.59. The van der Waals surface area contributed by atoms with Gasteiger partial charge in [-0.2, -0.15) is 10.2 Å². The van der Waals surface area contributed by atoms with Gasteiger partial charge in [-0.05, 0) is 12.1 Å². The molecule has 0 aliphatic rings. The molecule has 2 aromatic rings. The SMILES string of the molecule is CN(c1cc(C#N)[nH]c(=O)n1)c1ccc[nH]1. The fraction of sp³-hybridized carbons (Fsp3) is 0.100. The smallest absolute Gasteiger partial charge is 0.347 e. The number of aromatic nitrogens is 3. The highest BCUT2D eigenvalue weighted by atomic mass is 16.1. The van der Waals surface area contributed by atoms with Crippen molar-refractivity contribution in [2.24, 2.45) is 0 Å². The highest BCUT2D eigenvalue weighted by Gasteiger charge is 2.08. The molecule has 0 atom stereocenters. The van der Waals surface area contributed by atoms with Gasteiger partial charge in [0.1, 0.15) is 23.4 Å². The summed E-state index contributed by atoms with van der Waals surface area (Å²) in [5, 5.41) is 8.72. The summed E-state index contributed by atoms with van der Waals surface area (Å²) in [6, 6.07) is 7.07. The number of anilines is 2. The number of H-pyrrole nitrogens is 2. The van der Waals surface area contributed by atoms with Crippen LogP contribution in [0.3, 0.4) is 0 Å². The first-order chi connectivity index (χ1) is 7.70. The van der Waals surface area contributed by atoms with Crippen molar-refractivity contribution in [1.29, 1.82) is 5.26 Å². The van der Waals surface area contributed by atoms with Crippen LogP contribution < -0.4 is 10.6 Å². The van der Waals surface area contributed by atoms with E-state index in [4.69, 9.17) is 5.26 Å². The molecule has 2 aromatic heterocycles. The molecule has 2 heterocycles. The summed E-state index contributed by atoms with van der Waals surface area (Å²) in [4.78, 5) is 22.0. The summed E-state index contributed by atoms with van der Waals surface area (Å²) < 4.78 is 0. The van der Waals surface area contributed by atoms with Crippen LogP contribution in [0.2, 0.25) is 0 Å². The van der Waals surface area contributed by atoms with E-state index in [1.807, 2.05) is 18.2 Å². The zero-order valence-corrected chi connectivity index (χ0v) is 8.56. The molecule has 0 spiro atoms. The summed E-state index contributed by atoms with van der Waals surface area (Å²) in [5.41, 5.74) is -0.346. The molecular weight excluding hydrogens is 206 g/mol. The first kappa shape index (κ1) is 9.98. The van der Waals surface area contributed by atoms with E-state index < -0.39 is 5.69 Å². The minimum absolute atomic E-state index is 0.188. The molecule has 0 aliphatic heterocycles. The molecule has 0 fully saturated rings. The Morgan fingerprint density at radius 3 is 3.00 bits per heavy atom. The topological polar surface area (TPSA) is 88.6 Å². The third-order valence-electron chi connectivity index (χ3n) is 2.14. The van der Waals surface area contributed by atoms with E-state index in [1.54, 1.807) is 18.1 Å². The van der Waals surface area contributed by atoms with Crippen LogP contribution in [0.15, 0.2) is 29.2 Å². The molecule has 0 radical (unpaired) electrons. The highest BCUT2D eigenvalue weighted by molar-refractivity contribution is 5.55. The maximum absolute atomic E-state index is 11.2. The lowest BCUT2D eigenvalue weighted by molar-refractivity contribution is 1.00. The lowest BCUT2D eigenvalue weighted by Gasteiger charge is -2.15. The lowest BCUT2D eigenvalue weighted by Crippen LogP contribution is -2.19. The van der Waals surface area contributed by atoms with Crippen LogP contribution in [0.25, 0.3) is 0 Å². The van der Waals surface area contributed by atoms with Gasteiger partial charge in [0, 0.05) is 19.3 Å². The zero-order valence-electron chi connectivity index (χ0n) is 8.56. The third-order valence-corrected chi connectivity index (χ3v) is 2.14. The van der Waals surface area contributed by atoms with Crippen molar-refractivity contribution in [2.45, 2.75) is 0 Å². The average Bonchev–Trinajstić information content (AvgIpc) is 2.80. The number of hydrogen-bond donors (Lipinski definition) is 2. The lowest BCUT2D eigenvalue weighted by atomic mass is 10.4. The van der Waals surface area contributed by atoms with Crippen molar-refractivity contribution in [1.82, 2.24) is 15.0 Å². The van der Waals surface area contributed by atoms with Gasteiger partial charge in [0.2, 0.25) is 0 Å². The number of nitriles is 1. The summed E-state index contributed by atoms with van der Waals surface area (Å²) >= 11 is 0. The predicted molar refractivity (Wildman–Crippen MR) is 58.4 cm³/mol. The monoisotopic (exact) mass is 215 g/mol. The van der Waals surface area contributed by atoms with Crippen molar-refractivity contribution >= 4 is 11.6 Å². The van der Waals surface area contributed by atoms with E-state index in [2.05, 4.69) is 15.0 Å². The van der Waals surface area contributed by atoms with Gasteiger partial charge >= 0.3 is 5.69 Å². The summed E-state index contributed by atoms with van der Waals surface area (Å²) in [7, 11) is 1.76. The molecule has 0 saturated heterocycles. The van der Waals surface area contributed by atoms with Crippen molar-refractivity contribution < 1.29 is 0 Å². The summed E-state index contributed by atoms with van der Waals surface area (Å²) in [5.74, 6) is 1.21. The van der Waals surface area contributed by atoms with Crippen LogP contribution in [-0.4, -0.2) is 22.0 Å². The Balaban J connectivity index is 2.45. The van der Waals surface area contributed by atoms with Gasteiger partial charge in [0.05, 0.1) is 0 Å². The highest BCUT2D eigenvalue weighted by Crippen LogP contribution is 2.17. The Labute approximate surface area is 91.2 Å². The van der Waals surface area contributed by atoms with Gasteiger partial charge in [-0.1, -0.05) is 0 Å². The normalized spacial score (nSPS) is 9.75. The zero-order chi connectivity index (χ0) is 11.5. The van der Waals surface area contributed by atoms with Gasteiger partial charge in [-0.25, -0.2) is 4.79 Å². The van der Waals surface area contributed by atoms with Crippen LogP contribution in [0.1, 0.15) is 5.69 Å². The molecular formula is C10H9N5O. The molecule has 0 unspecified atom stereocenters. The van der Waals surface area contributed by atoms with Crippen LogP contribution in [0.5, 0.6) is 0 Å². The van der Waals surface area contributed by atoms with E-state index in [1.165, 1.54) is 6.07 Å². The van der Waals surface area contributed by atoms with Crippen molar-refractivity contribution in [3.63, 3.8) is 0 Å². The fourth-order valence-electron chi connectivity index (χ4n) is 1.33. The molecule has 16 heavy (non-hydrogen) atoms. The molecule has 0 saturated carbocycles. The second-order valence-electron chi connectivity index (χ2n) is 3.18. The Morgan fingerprint density at radius 2 is 2.38 bits per heavy atom. The minimum atomic E-state index is -0.535. The maximum atomic E-state index is 11.2. The Morgan fingerprint density at radius 1 is 1.56 bits per heavy atom. The van der Waals surface area contributed by atoms with E-state index in [-0.39, 0.29) is 5.69 Å². The number of nitrogens with one attached hydrogen (secondary N) is 2. The Kier molecular flexibility index (Phi) is 2.44. The average molecular weight is 215 g/mol. The third kappa shape index (κ3) is 1.79. The van der Waals surface area contributed by atoms with Crippen molar-refractivity contribution in [3.05, 3.63) is 40.6 Å².